The van der Waals surface area contributed by atoms with Gasteiger partial charge in [0.1, 0.15) is 5.75 Å². The van der Waals surface area contributed by atoms with Crippen LogP contribution in [0.1, 0.15) is 18.5 Å². The Morgan fingerprint density at radius 1 is 1.19 bits per heavy atom. The summed E-state index contributed by atoms with van der Waals surface area (Å²) in [7, 11) is 0. The highest BCUT2D eigenvalue weighted by Gasteiger charge is 2.18. The lowest BCUT2D eigenvalue weighted by atomic mass is 10.1. The van der Waals surface area contributed by atoms with Crippen molar-refractivity contribution < 1.29 is 14.1 Å². The van der Waals surface area contributed by atoms with E-state index in [4.69, 9.17) is 32.5 Å². The van der Waals surface area contributed by atoms with Crippen molar-refractivity contribution in [2.24, 2.45) is 0 Å². The molecule has 138 valence electrons. The van der Waals surface area contributed by atoms with Gasteiger partial charge in [0.05, 0.1) is 11.7 Å². The molecule has 0 saturated heterocycles. The minimum atomic E-state index is -0.179. The minimum absolute atomic E-state index is 0.0262. The molecule has 1 unspecified atom stereocenters. The Kier molecular flexibility index (Phi) is 4.63. The number of hydrogen-bond acceptors (Lipinski definition) is 6. The molecule has 7 nitrogen and oxygen atoms in total. The third kappa shape index (κ3) is 3.84. The lowest BCUT2D eigenvalue weighted by molar-refractivity contribution is -0.118. The number of nitrogens with one attached hydrogen (secondary N) is 2. The molecule has 1 amide bonds. The summed E-state index contributed by atoms with van der Waals surface area (Å²) in [6.07, 6.45) is 0. The van der Waals surface area contributed by atoms with Crippen molar-refractivity contribution in [2.75, 3.05) is 17.2 Å². The molecule has 0 fully saturated rings. The van der Waals surface area contributed by atoms with E-state index in [0.717, 1.165) is 5.56 Å². The molecule has 2 N–H and O–H groups in total. The lowest BCUT2D eigenvalue weighted by Crippen LogP contribution is -2.25. The number of carbonyl (C=O) groups is 1. The quantitative estimate of drug-likeness (QED) is 0.662. The lowest BCUT2D eigenvalue weighted by Gasteiger charge is -2.20. The molecule has 4 rings (SSSR count). The Morgan fingerprint density at radius 3 is 2.74 bits per heavy atom. The van der Waals surface area contributed by atoms with E-state index in [1.54, 1.807) is 18.2 Å². The predicted molar refractivity (Wildman–Crippen MR) is 102 cm³/mol. The molecule has 1 aliphatic rings. The fraction of sp³-hybridized carbons (Fsp3) is 0.167. The van der Waals surface area contributed by atoms with Crippen LogP contribution in [0.15, 0.2) is 40.9 Å². The molecule has 27 heavy (non-hydrogen) atoms. The zero-order chi connectivity index (χ0) is 19.0. The first-order valence-corrected chi connectivity index (χ1v) is 8.87. The summed E-state index contributed by atoms with van der Waals surface area (Å²) in [5, 5.41) is 10.9. The van der Waals surface area contributed by atoms with Crippen LogP contribution in [0.2, 0.25) is 10.0 Å². The number of carbonyl (C=O) groups excluding carboxylic acids is 1. The molecular formula is C18H14Cl2N4O3. The molecule has 3 aromatic rings. The molecule has 2 aromatic carbocycles. The van der Waals surface area contributed by atoms with Crippen LogP contribution < -0.4 is 15.4 Å². The molecule has 0 saturated carbocycles. The second-order valence-corrected chi connectivity index (χ2v) is 6.91. The van der Waals surface area contributed by atoms with Crippen LogP contribution in [0.3, 0.4) is 0 Å². The van der Waals surface area contributed by atoms with Gasteiger partial charge in [-0.05, 0) is 42.8 Å². The zero-order valence-corrected chi connectivity index (χ0v) is 15.6. The van der Waals surface area contributed by atoms with Crippen LogP contribution in [-0.2, 0) is 4.79 Å². The summed E-state index contributed by atoms with van der Waals surface area (Å²) < 4.78 is 10.6. The maximum atomic E-state index is 11.5. The van der Waals surface area contributed by atoms with Crippen molar-refractivity contribution in [3.05, 3.63) is 52.0 Å². The van der Waals surface area contributed by atoms with Crippen molar-refractivity contribution in [1.29, 1.82) is 0 Å². The summed E-state index contributed by atoms with van der Waals surface area (Å²) in [5.41, 5.74) is 2.22. The molecular weight excluding hydrogens is 391 g/mol. The van der Waals surface area contributed by atoms with Crippen molar-refractivity contribution in [2.45, 2.75) is 13.0 Å². The summed E-state index contributed by atoms with van der Waals surface area (Å²) in [5.74, 6) is 0.839. The number of anilines is 2. The van der Waals surface area contributed by atoms with Gasteiger partial charge in [0.2, 0.25) is 5.82 Å². The normalized spacial score (nSPS) is 14.1. The summed E-state index contributed by atoms with van der Waals surface area (Å²) in [6, 6.07) is 10.7. The van der Waals surface area contributed by atoms with Gasteiger partial charge in [-0.2, -0.15) is 4.98 Å². The molecule has 9 heteroatoms. The van der Waals surface area contributed by atoms with E-state index in [1.807, 2.05) is 25.1 Å². The van der Waals surface area contributed by atoms with Crippen LogP contribution in [0, 0.1) is 0 Å². The van der Waals surface area contributed by atoms with Gasteiger partial charge in [0.25, 0.3) is 5.91 Å². The van der Waals surface area contributed by atoms with Crippen LogP contribution in [0.5, 0.6) is 5.75 Å². The number of halogens is 2. The van der Waals surface area contributed by atoms with Gasteiger partial charge in [0, 0.05) is 15.6 Å². The number of fused-ring (bicyclic) bond motifs is 1. The second-order valence-electron chi connectivity index (χ2n) is 6.04. The van der Waals surface area contributed by atoms with Gasteiger partial charge in [-0.25, -0.2) is 0 Å². The Labute approximate surface area is 164 Å². The highest BCUT2D eigenvalue weighted by atomic mass is 35.5. The van der Waals surface area contributed by atoms with Crippen LogP contribution in [0.4, 0.5) is 11.7 Å². The zero-order valence-electron chi connectivity index (χ0n) is 14.1. The van der Waals surface area contributed by atoms with Crippen LogP contribution in [0.25, 0.3) is 11.4 Å². The maximum Gasteiger partial charge on any atom is 0.322 e. The number of benzene rings is 2. The number of ether oxygens (including phenoxy) is 1. The molecule has 1 atom stereocenters. The third-order valence-corrected chi connectivity index (χ3v) is 4.46. The van der Waals surface area contributed by atoms with Gasteiger partial charge in [-0.3, -0.25) is 4.79 Å². The van der Waals surface area contributed by atoms with E-state index in [1.165, 1.54) is 0 Å². The summed E-state index contributed by atoms with van der Waals surface area (Å²) in [6.45, 7) is 1.96. The van der Waals surface area contributed by atoms with Crippen molar-refractivity contribution in [1.82, 2.24) is 10.1 Å². The number of nitrogens with zero attached hydrogens (tertiary/aromatic N) is 2. The maximum absolute atomic E-state index is 11.5. The molecule has 1 aliphatic heterocycles. The third-order valence-electron chi connectivity index (χ3n) is 4.02. The molecule has 0 spiro atoms. The number of hydrogen-bond donors (Lipinski definition) is 2. The van der Waals surface area contributed by atoms with E-state index < -0.39 is 0 Å². The van der Waals surface area contributed by atoms with Gasteiger partial charge in [0.15, 0.2) is 6.61 Å². The highest BCUT2D eigenvalue weighted by molar-refractivity contribution is 6.35. The number of rotatable bonds is 4. The largest absolute Gasteiger partial charge is 0.482 e. The topological polar surface area (TPSA) is 89.3 Å². The number of amides is 1. The molecule has 2 heterocycles. The first-order valence-electron chi connectivity index (χ1n) is 8.11. The van der Waals surface area contributed by atoms with Crippen LogP contribution in [-0.4, -0.2) is 22.7 Å². The van der Waals surface area contributed by atoms with E-state index in [-0.39, 0.29) is 24.6 Å². The van der Waals surface area contributed by atoms with Gasteiger partial charge in [-0.15, -0.1) is 0 Å². The smallest absolute Gasteiger partial charge is 0.322 e. The van der Waals surface area contributed by atoms with E-state index in [2.05, 4.69) is 20.8 Å². The van der Waals surface area contributed by atoms with Crippen molar-refractivity contribution in [3.63, 3.8) is 0 Å². The Bertz CT molecular complexity index is 1000. The molecule has 0 aliphatic carbocycles. The van der Waals surface area contributed by atoms with Crippen molar-refractivity contribution in [3.8, 4) is 17.1 Å². The fourth-order valence-corrected chi connectivity index (χ4v) is 3.25. The molecule has 0 bridgehead atoms. The standard InChI is InChI=1S/C18H14Cl2N4O3/c1-9(10-2-3-15-14(6-10)22-16(25)8-26-15)21-18-23-17(24-27-18)11-4-12(19)7-13(20)5-11/h2-7,9H,8H2,1H3,(H,22,25)(H,21,23,24). The van der Waals surface area contributed by atoms with Crippen LogP contribution >= 0.6 is 23.2 Å². The Morgan fingerprint density at radius 2 is 1.96 bits per heavy atom. The van der Waals surface area contributed by atoms with E-state index in [9.17, 15) is 4.79 Å². The first kappa shape index (κ1) is 17.6. The Balaban J connectivity index is 1.52. The fourth-order valence-electron chi connectivity index (χ4n) is 2.72. The average molecular weight is 405 g/mol. The molecule has 0 radical (unpaired) electrons. The summed E-state index contributed by atoms with van der Waals surface area (Å²) >= 11 is 12.0. The van der Waals surface area contributed by atoms with E-state index >= 15 is 0 Å². The SMILES string of the molecule is CC(Nc1nc(-c2cc(Cl)cc(Cl)c2)no1)c1ccc2c(c1)NC(=O)CO2. The van der Waals surface area contributed by atoms with E-state index in [0.29, 0.717) is 32.9 Å². The number of aromatic nitrogens is 2. The van der Waals surface area contributed by atoms with Gasteiger partial charge < -0.3 is 19.9 Å². The van der Waals surface area contributed by atoms with Gasteiger partial charge >= 0.3 is 6.01 Å². The van der Waals surface area contributed by atoms with Crippen molar-refractivity contribution >= 4 is 40.8 Å². The predicted octanol–water partition coefficient (Wildman–Crippen LogP) is 4.55. The average Bonchev–Trinajstić information content (AvgIpc) is 3.08. The highest BCUT2D eigenvalue weighted by Crippen LogP contribution is 2.32. The Hall–Kier alpha value is -2.77. The minimum Gasteiger partial charge on any atom is -0.482 e. The van der Waals surface area contributed by atoms with Gasteiger partial charge in [-0.1, -0.05) is 34.4 Å². The second kappa shape index (κ2) is 7.09. The molecule has 1 aromatic heterocycles. The first-order chi connectivity index (χ1) is 13.0. The summed E-state index contributed by atoms with van der Waals surface area (Å²) in [4.78, 5) is 15.8. The monoisotopic (exact) mass is 404 g/mol.